The highest BCUT2D eigenvalue weighted by molar-refractivity contribution is 5.67. The van der Waals surface area contributed by atoms with Gasteiger partial charge in [0.25, 0.3) is 0 Å². The highest BCUT2D eigenvalue weighted by atomic mass is 17.1. The Bertz CT molecular complexity index is 622. The number of hydrogen-bond acceptors (Lipinski definition) is 11. The van der Waals surface area contributed by atoms with E-state index in [0.717, 1.165) is 0 Å². The average Bonchev–Trinajstić information content (AvgIpc) is 2.90. The standard InChI is InChI=1S/C19H30O11/c1-9(2)27-19(28-10(3)4)29-17-16(25-13(7)22)15(24-12(6)21)14(8-23-11(5)20)26-18(17)30-19/h9-10,14-18H,8H2,1-7H3/t14-,15-,16+,17-,18-/m1/s1. The Balaban J connectivity index is 2.38. The van der Waals surface area contributed by atoms with Gasteiger partial charge in [0.1, 0.15) is 12.7 Å². The molecule has 2 fully saturated rings. The molecular formula is C19H30O11. The molecule has 11 heteroatoms. The summed E-state index contributed by atoms with van der Waals surface area (Å²) >= 11 is 0. The van der Waals surface area contributed by atoms with Crippen LogP contribution in [0.25, 0.3) is 0 Å². The van der Waals surface area contributed by atoms with Crippen molar-refractivity contribution in [1.29, 1.82) is 0 Å². The van der Waals surface area contributed by atoms with E-state index in [0.29, 0.717) is 0 Å². The van der Waals surface area contributed by atoms with Gasteiger partial charge in [0.2, 0.25) is 0 Å². The first-order valence-corrected chi connectivity index (χ1v) is 9.77. The van der Waals surface area contributed by atoms with Gasteiger partial charge in [-0.25, -0.2) is 0 Å². The van der Waals surface area contributed by atoms with E-state index in [9.17, 15) is 14.4 Å². The predicted molar refractivity (Wildman–Crippen MR) is 97.5 cm³/mol. The molecule has 0 saturated carbocycles. The quantitative estimate of drug-likeness (QED) is 0.309. The molecule has 2 rings (SSSR count). The second kappa shape index (κ2) is 10.0. The first-order valence-electron chi connectivity index (χ1n) is 9.77. The van der Waals surface area contributed by atoms with Crippen LogP contribution < -0.4 is 0 Å². The van der Waals surface area contributed by atoms with Crippen LogP contribution in [0.5, 0.6) is 0 Å². The summed E-state index contributed by atoms with van der Waals surface area (Å²) in [6, 6.07) is 0. The molecule has 0 aromatic heterocycles. The lowest BCUT2D eigenvalue weighted by molar-refractivity contribution is -0.492. The maximum atomic E-state index is 11.8. The highest BCUT2D eigenvalue weighted by Gasteiger charge is 2.62. The minimum absolute atomic E-state index is 0.263. The van der Waals surface area contributed by atoms with E-state index in [2.05, 4.69) is 0 Å². The van der Waals surface area contributed by atoms with Crippen molar-refractivity contribution in [1.82, 2.24) is 0 Å². The molecule has 0 unspecified atom stereocenters. The van der Waals surface area contributed by atoms with Gasteiger partial charge in [-0.15, -0.1) is 0 Å². The third-order valence-electron chi connectivity index (χ3n) is 3.95. The van der Waals surface area contributed by atoms with Crippen LogP contribution in [-0.2, 0) is 52.3 Å². The van der Waals surface area contributed by atoms with Crippen molar-refractivity contribution in [2.45, 2.75) is 97.5 Å². The fourth-order valence-electron chi connectivity index (χ4n) is 3.14. The van der Waals surface area contributed by atoms with Gasteiger partial charge in [0.15, 0.2) is 24.6 Å². The fraction of sp³-hybridized carbons (Fsp3) is 0.842. The fourth-order valence-corrected chi connectivity index (χ4v) is 3.14. The van der Waals surface area contributed by atoms with Crippen molar-refractivity contribution in [2.24, 2.45) is 0 Å². The third-order valence-corrected chi connectivity index (χ3v) is 3.95. The van der Waals surface area contributed by atoms with Crippen LogP contribution >= 0.6 is 0 Å². The molecule has 2 aliphatic heterocycles. The summed E-state index contributed by atoms with van der Waals surface area (Å²) in [4.78, 5) is 34.7. The van der Waals surface area contributed by atoms with Crippen molar-refractivity contribution in [2.75, 3.05) is 6.61 Å². The van der Waals surface area contributed by atoms with Crippen molar-refractivity contribution < 1.29 is 52.3 Å². The molecule has 0 aromatic rings. The van der Waals surface area contributed by atoms with E-state index in [4.69, 9.17) is 37.9 Å². The summed E-state index contributed by atoms with van der Waals surface area (Å²) in [6.45, 7) is 10.4. The molecule has 5 atom stereocenters. The summed E-state index contributed by atoms with van der Waals surface area (Å²) in [7, 11) is 0. The second-order valence-electron chi connectivity index (χ2n) is 7.53. The van der Waals surface area contributed by atoms with Crippen molar-refractivity contribution >= 4 is 17.9 Å². The largest absolute Gasteiger partial charge is 0.463 e. The Morgan fingerprint density at radius 3 is 1.83 bits per heavy atom. The molecule has 0 aliphatic carbocycles. The average molecular weight is 434 g/mol. The van der Waals surface area contributed by atoms with Gasteiger partial charge in [0.05, 0.1) is 12.2 Å². The smallest absolute Gasteiger partial charge is 0.416 e. The summed E-state index contributed by atoms with van der Waals surface area (Å²) in [5.41, 5.74) is 0. The molecule has 2 heterocycles. The monoisotopic (exact) mass is 434 g/mol. The number of carbonyl (C=O) groups is 3. The van der Waals surface area contributed by atoms with Crippen molar-refractivity contribution in [3.05, 3.63) is 0 Å². The van der Waals surface area contributed by atoms with Gasteiger partial charge in [-0.3, -0.25) is 23.9 Å². The maximum absolute atomic E-state index is 11.8. The van der Waals surface area contributed by atoms with Gasteiger partial charge < -0.3 is 28.4 Å². The Morgan fingerprint density at radius 2 is 1.37 bits per heavy atom. The molecule has 0 radical (unpaired) electrons. The molecule has 172 valence electrons. The lowest BCUT2D eigenvalue weighted by Crippen LogP contribution is -2.60. The number of carbonyl (C=O) groups excluding carboxylic acids is 3. The van der Waals surface area contributed by atoms with E-state index in [1.165, 1.54) is 20.8 Å². The van der Waals surface area contributed by atoms with Crippen molar-refractivity contribution in [3.63, 3.8) is 0 Å². The molecule has 0 amide bonds. The zero-order valence-corrected chi connectivity index (χ0v) is 18.2. The van der Waals surface area contributed by atoms with Crippen LogP contribution in [0.15, 0.2) is 0 Å². The molecular weight excluding hydrogens is 404 g/mol. The summed E-state index contributed by atoms with van der Waals surface area (Å²) < 4.78 is 44.8. The number of ether oxygens (including phenoxy) is 8. The molecule has 30 heavy (non-hydrogen) atoms. The van der Waals surface area contributed by atoms with E-state index >= 15 is 0 Å². The summed E-state index contributed by atoms with van der Waals surface area (Å²) in [5, 5.41) is 0. The SMILES string of the molecule is CC(=O)OC[C@H]1O[C@@H]2OC(OC(C)C)(OC(C)C)O[C@@H]2[C@@H](OC(C)=O)[C@@H]1OC(C)=O. The van der Waals surface area contributed by atoms with Crippen LogP contribution in [0, 0.1) is 0 Å². The normalized spacial score (nSPS) is 30.1. The molecule has 0 aromatic carbocycles. The number of hydrogen-bond donors (Lipinski definition) is 0. The highest BCUT2D eigenvalue weighted by Crippen LogP contribution is 2.41. The van der Waals surface area contributed by atoms with Gasteiger partial charge in [-0.05, 0) is 27.7 Å². The molecule has 2 aliphatic rings. The Morgan fingerprint density at radius 1 is 0.833 bits per heavy atom. The van der Waals surface area contributed by atoms with E-state index < -0.39 is 54.8 Å². The zero-order valence-electron chi connectivity index (χ0n) is 18.2. The van der Waals surface area contributed by atoms with Crippen LogP contribution in [0.3, 0.4) is 0 Å². The molecule has 0 spiro atoms. The maximum Gasteiger partial charge on any atom is 0.416 e. The molecule has 0 bridgehead atoms. The van der Waals surface area contributed by atoms with Crippen molar-refractivity contribution in [3.8, 4) is 0 Å². The predicted octanol–water partition coefficient (Wildman–Crippen LogP) is 1.01. The van der Waals surface area contributed by atoms with Crippen LogP contribution in [0.1, 0.15) is 48.5 Å². The Labute approximate surface area is 175 Å². The van der Waals surface area contributed by atoms with E-state index in [1.54, 1.807) is 27.7 Å². The van der Waals surface area contributed by atoms with Gasteiger partial charge >= 0.3 is 24.1 Å². The minimum atomic E-state index is -1.92. The number of rotatable bonds is 8. The summed E-state index contributed by atoms with van der Waals surface area (Å²) in [6.07, 6.45) is -8.00. The van der Waals surface area contributed by atoms with Gasteiger partial charge in [0, 0.05) is 20.8 Å². The molecule has 0 N–H and O–H groups in total. The van der Waals surface area contributed by atoms with Crippen LogP contribution in [-0.4, -0.2) is 73.6 Å². The lowest BCUT2D eigenvalue weighted by atomic mass is 9.98. The zero-order chi connectivity index (χ0) is 22.6. The first-order chi connectivity index (χ1) is 13.9. The lowest BCUT2D eigenvalue weighted by Gasteiger charge is -2.40. The Hall–Kier alpha value is -1.79. The van der Waals surface area contributed by atoms with E-state index in [-0.39, 0.29) is 18.8 Å². The third kappa shape index (κ3) is 6.35. The van der Waals surface area contributed by atoms with Crippen LogP contribution in [0.2, 0.25) is 0 Å². The minimum Gasteiger partial charge on any atom is -0.463 e. The number of fused-ring (bicyclic) bond motifs is 1. The van der Waals surface area contributed by atoms with Gasteiger partial charge in [-0.1, -0.05) is 0 Å². The molecule has 11 nitrogen and oxygen atoms in total. The second-order valence-corrected chi connectivity index (χ2v) is 7.53. The first kappa shape index (κ1) is 24.5. The number of esters is 3. The van der Waals surface area contributed by atoms with Crippen LogP contribution in [0.4, 0.5) is 0 Å². The van der Waals surface area contributed by atoms with Gasteiger partial charge in [-0.2, -0.15) is 0 Å². The molecule has 2 saturated heterocycles. The summed E-state index contributed by atoms with van der Waals surface area (Å²) in [5.74, 6) is -1.84. The Kier molecular flexibility index (Phi) is 8.17. The topological polar surface area (TPSA) is 125 Å². The van der Waals surface area contributed by atoms with E-state index in [1.807, 2.05) is 0 Å².